The van der Waals surface area contributed by atoms with Crippen LogP contribution in [0.25, 0.3) is 11.0 Å². The van der Waals surface area contributed by atoms with Gasteiger partial charge in [0.2, 0.25) is 0 Å². The second-order valence-electron chi connectivity index (χ2n) is 4.46. The van der Waals surface area contributed by atoms with Crippen LogP contribution in [0.4, 0.5) is 4.39 Å². The molecule has 0 bridgehead atoms. The van der Waals surface area contributed by atoms with Gasteiger partial charge in [0.25, 0.3) is 0 Å². The predicted molar refractivity (Wildman–Crippen MR) is 76.8 cm³/mol. The van der Waals surface area contributed by atoms with Gasteiger partial charge in [-0.1, -0.05) is 23.7 Å². The van der Waals surface area contributed by atoms with Gasteiger partial charge in [0, 0.05) is 18.8 Å². The molecule has 0 fully saturated rings. The van der Waals surface area contributed by atoms with Crippen molar-refractivity contribution in [3.05, 3.63) is 59.1 Å². The third-order valence-electron chi connectivity index (χ3n) is 3.18. The highest BCUT2D eigenvalue weighted by Gasteiger charge is 2.08. The van der Waals surface area contributed by atoms with E-state index in [9.17, 15) is 4.39 Å². The van der Waals surface area contributed by atoms with Crippen molar-refractivity contribution in [2.24, 2.45) is 0 Å². The zero-order valence-electron chi connectivity index (χ0n) is 10.8. The Morgan fingerprint density at radius 2 is 2.00 bits per heavy atom. The molecule has 3 rings (SSSR count). The summed E-state index contributed by atoms with van der Waals surface area (Å²) < 4.78 is 20.6. The van der Waals surface area contributed by atoms with Gasteiger partial charge in [-0.05, 0) is 23.8 Å². The third-order valence-corrected chi connectivity index (χ3v) is 3.44. The van der Waals surface area contributed by atoms with Crippen molar-refractivity contribution in [1.29, 1.82) is 0 Å². The number of halogens is 2. The highest BCUT2D eigenvalue weighted by Crippen LogP contribution is 2.21. The highest BCUT2D eigenvalue weighted by atomic mass is 35.5. The fraction of sp³-hybridized carbons (Fsp3) is 0.133. The molecule has 0 radical (unpaired) electrons. The number of pyridine rings is 1. The van der Waals surface area contributed by atoms with Crippen molar-refractivity contribution in [1.82, 2.24) is 9.55 Å². The fourth-order valence-electron chi connectivity index (χ4n) is 2.13. The maximum Gasteiger partial charge on any atom is 0.165 e. The van der Waals surface area contributed by atoms with Gasteiger partial charge in [0.15, 0.2) is 11.0 Å². The van der Waals surface area contributed by atoms with E-state index in [0.717, 1.165) is 16.8 Å². The molecule has 0 atom stereocenters. The predicted octanol–water partition coefficient (Wildman–Crippen LogP) is 3.89. The van der Waals surface area contributed by atoms with Crippen LogP contribution in [0.15, 0.2) is 42.6 Å². The summed E-state index contributed by atoms with van der Waals surface area (Å²) in [5.74, 6) is 0.305. The molecule has 3 nitrogen and oxygen atoms in total. The van der Waals surface area contributed by atoms with Crippen molar-refractivity contribution < 1.29 is 9.13 Å². The van der Waals surface area contributed by atoms with E-state index in [0.29, 0.717) is 12.1 Å². The molecule has 102 valence electrons. The number of hydrogen-bond acceptors (Lipinski definition) is 2. The molecule has 2 aromatic heterocycles. The second kappa shape index (κ2) is 5.13. The molecule has 20 heavy (non-hydrogen) atoms. The lowest BCUT2D eigenvalue weighted by Gasteiger charge is -2.07. The normalized spacial score (nSPS) is 10.9. The van der Waals surface area contributed by atoms with Crippen molar-refractivity contribution >= 4 is 22.6 Å². The number of aromatic nitrogens is 2. The molecule has 3 aromatic rings. The summed E-state index contributed by atoms with van der Waals surface area (Å²) in [5.41, 5.74) is 2.51. The van der Waals surface area contributed by atoms with E-state index >= 15 is 0 Å². The first-order chi connectivity index (χ1) is 9.67. The van der Waals surface area contributed by atoms with Gasteiger partial charge in [0.1, 0.15) is 5.75 Å². The van der Waals surface area contributed by atoms with E-state index < -0.39 is 5.82 Å². The summed E-state index contributed by atoms with van der Waals surface area (Å²) in [6, 6.07) is 11.0. The molecule has 0 aliphatic carbocycles. The lowest BCUT2D eigenvalue weighted by molar-refractivity contribution is 0.414. The molecule has 0 N–H and O–H groups in total. The summed E-state index contributed by atoms with van der Waals surface area (Å²) in [6.07, 6.45) is 1.87. The Bertz CT molecular complexity index is 752. The van der Waals surface area contributed by atoms with Gasteiger partial charge >= 0.3 is 0 Å². The number of nitrogens with zero attached hydrogens (tertiary/aromatic N) is 2. The molecule has 0 saturated heterocycles. The molecule has 0 aliphatic heterocycles. The van der Waals surface area contributed by atoms with E-state index in [1.807, 2.05) is 41.1 Å². The van der Waals surface area contributed by atoms with Gasteiger partial charge in [0.05, 0.1) is 18.1 Å². The summed E-state index contributed by atoms with van der Waals surface area (Å²) >= 11 is 5.68. The zero-order valence-corrected chi connectivity index (χ0v) is 11.6. The van der Waals surface area contributed by atoms with Crippen LogP contribution < -0.4 is 4.74 Å². The Hall–Kier alpha value is -2.07. The Morgan fingerprint density at radius 3 is 2.70 bits per heavy atom. The molecule has 0 amide bonds. The largest absolute Gasteiger partial charge is 0.497 e. The second-order valence-corrected chi connectivity index (χ2v) is 4.82. The monoisotopic (exact) mass is 290 g/mol. The molecule has 0 unspecified atom stereocenters. The third kappa shape index (κ3) is 2.34. The Labute approximate surface area is 120 Å². The van der Waals surface area contributed by atoms with Crippen LogP contribution in [0.3, 0.4) is 0 Å². The molecular formula is C15H12ClFN2O. The van der Waals surface area contributed by atoms with Crippen LogP contribution >= 0.6 is 11.6 Å². The van der Waals surface area contributed by atoms with E-state index in [-0.39, 0.29) is 5.15 Å². The Kier molecular flexibility index (Phi) is 3.32. The Morgan fingerprint density at radius 1 is 1.25 bits per heavy atom. The van der Waals surface area contributed by atoms with E-state index in [2.05, 4.69) is 4.98 Å². The van der Waals surface area contributed by atoms with Crippen molar-refractivity contribution in [3.63, 3.8) is 0 Å². The summed E-state index contributed by atoms with van der Waals surface area (Å²) in [6.45, 7) is 0.635. The van der Waals surface area contributed by atoms with Crippen molar-refractivity contribution in [2.75, 3.05) is 7.11 Å². The lowest BCUT2D eigenvalue weighted by Crippen LogP contribution is -1.98. The average Bonchev–Trinajstić information content (AvgIpc) is 2.83. The van der Waals surface area contributed by atoms with E-state index in [4.69, 9.17) is 16.3 Å². The summed E-state index contributed by atoms with van der Waals surface area (Å²) in [5, 5.41) is -0.0975. The fourth-order valence-corrected chi connectivity index (χ4v) is 2.27. The van der Waals surface area contributed by atoms with E-state index in [1.165, 1.54) is 6.07 Å². The number of methoxy groups -OCH3 is 1. The molecule has 0 spiro atoms. The minimum Gasteiger partial charge on any atom is -0.497 e. The zero-order chi connectivity index (χ0) is 14.1. The SMILES string of the molecule is COc1ccc(Cn2ccc3nc(Cl)c(F)cc32)cc1. The molecule has 1 aromatic carbocycles. The van der Waals surface area contributed by atoms with Gasteiger partial charge in [-0.3, -0.25) is 0 Å². The Balaban J connectivity index is 1.95. The number of fused-ring (bicyclic) bond motifs is 1. The first-order valence-corrected chi connectivity index (χ1v) is 6.49. The van der Waals surface area contributed by atoms with Crippen LogP contribution in [0.1, 0.15) is 5.56 Å². The standard InChI is InChI=1S/C15H12ClFN2O/c1-20-11-4-2-10(3-5-11)9-19-7-6-13-14(19)8-12(17)15(16)18-13/h2-8H,9H2,1H3. The van der Waals surface area contributed by atoms with Crippen LogP contribution in [-0.4, -0.2) is 16.7 Å². The van der Waals surface area contributed by atoms with Crippen LogP contribution in [-0.2, 0) is 6.54 Å². The van der Waals surface area contributed by atoms with Gasteiger partial charge < -0.3 is 9.30 Å². The van der Waals surface area contributed by atoms with Crippen molar-refractivity contribution in [2.45, 2.75) is 6.54 Å². The quantitative estimate of drug-likeness (QED) is 0.684. The van der Waals surface area contributed by atoms with Crippen LogP contribution in [0, 0.1) is 5.82 Å². The number of benzene rings is 1. The molecule has 0 saturated carbocycles. The minimum absolute atomic E-state index is 0.0975. The maximum atomic E-state index is 13.5. The highest BCUT2D eigenvalue weighted by molar-refractivity contribution is 6.29. The number of hydrogen-bond donors (Lipinski definition) is 0. The molecule has 2 heterocycles. The average molecular weight is 291 g/mol. The first kappa shape index (κ1) is 12.9. The first-order valence-electron chi connectivity index (χ1n) is 6.11. The van der Waals surface area contributed by atoms with E-state index in [1.54, 1.807) is 7.11 Å². The van der Waals surface area contributed by atoms with Gasteiger partial charge in [-0.15, -0.1) is 0 Å². The maximum absolute atomic E-state index is 13.5. The molecule has 0 aliphatic rings. The van der Waals surface area contributed by atoms with Crippen molar-refractivity contribution in [3.8, 4) is 5.75 Å². The lowest BCUT2D eigenvalue weighted by atomic mass is 10.2. The summed E-state index contributed by atoms with van der Waals surface area (Å²) in [7, 11) is 1.63. The smallest absolute Gasteiger partial charge is 0.165 e. The van der Waals surface area contributed by atoms with Crippen LogP contribution in [0.2, 0.25) is 5.15 Å². The van der Waals surface area contributed by atoms with Gasteiger partial charge in [-0.25, -0.2) is 9.37 Å². The topological polar surface area (TPSA) is 27.1 Å². The van der Waals surface area contributed by atoms with Crippen LogP contribution in [0.5, 0.6) is 5.75 Å². The minimum atomic E-state index is -0.506. The summed E-state index contributed by atoms with van der Waals surface area (Å²) in [4.78, 5) is 4.01. The number of rotatable bonds is 3. The molecule has 5 heteroatoms. The van der Waals surface area contributed by atoms with Gasteiger partial charge in [-0.2, -0.15) is 0 Å². The number of ether oxygens (including phenoxy) is 1. The molecular weight excluding hydrogens is 279 g/mol.